The molecule has 1 saturated heterocycles. The summed E-state index contributed by atoms with van der Waals surface area (Å²) in [6.07, 6.45) is 1.00. The zero-order valence-electron chi connectivity index (χ0n) is 9.62. The summed E-state index contributed by atoms with van der Waals surface area (Å²) in [6.45, 7) is 6.23. The van der Waals surface area contributed by atoms with Crippen LogP contribution in [0.1, 0.15) is 20.3 Å². The molecule has 0 aliphatic carbocycles. The van der Waals surface area contributed by atoms with E-state index in [0.29, 0.717) is 5.41 Å². The highest BCUT2D eigenvalue weighted by atomic mass is 16.7. The molecule has 1 rings (SSSR count). The van der Waals surface area contributed by atoms with E-state index in [1.807, 2.05) is 0 Å². The number of nitrogens with zero attached hydrogens (tertiary/aromatic N) is 1. The van der Waals surface area contributed by atoms with Crippen molar-refractivity contribution in [3.63, 3.8) is 0 Å². The van der Waals surface area contributed by atoms with Gasteiger partial charge in [-0.1, -0.05) is 13.8 Å². The van der Waals surface area contributed by atoms with Crippen LogP contribution >= 0.6 is 0 Å². The Hall–Kier alpha value is -0.160. The monoisotopic (exact) mass is 202 g/mol. The summed E-state index contributed by atoms with van der Waals surface area (Å²) < 4.78 is 10.3. The average Bonchev–Trinajstić information content (AvgIpc) is 2.35. The molecule has 0 aromatic carbocycles. The van der Waals surface area contributed by atoms with Crippen molar-refractivity contribution in [2.45, 2.75) is 32.7 Å². The smallest absolute Gasteiger partial charge is 0.169 e. The first-order chi connectivity index (χ1) is 6.48. The first-order valence-corrected chi connectivity index (χ1v) is 5.04. The van der Waals surface area contributed by atoms with Gasteiger partial charge in [0.2, 0.25) is 0 Å². The molecule has 0 aromatic heterocycles. The van der Waals surface area contributed by atoms with Crippen LogP contribution in [0.25, 0.3) is 0 Å². The molecule has 4 nitrogen and oxygen atoms in total. The van der Waals surface area contributed by atoms with E-state index in [2.05, 4.69) is 18.7 Å². The first kappa shape index (κ1) is 11.9. The van der Waals surface area contributed by atoms with Crippen LogP contribution in [0.4, 0.5) is 0 Å². The molecule has 1 aliphatic rings. The maximum atomic E-state index is 6.03. The molecule has 14 heavy (non-hydrogen) atoms. The Labute approximate surface area is 86.3 Å². The minimum Gasteiger partial charge on any atom is -0.355 e. The van der Waals surface area contributed by atoms with Crippen molar-refractivity contribution in [1.82, 2.24) is 4.90 Å². The molecular weight excluding hydrogens is 180 g/mol. The molecule has 2 N–H and O–H groups in total. The second kappa shape index (κ2) is 4.57. The topological polar surface area (TPSA) is 47.7 Å². The molecule has 1 unspecified atom stereocenters. The molecule has 0 aromatic rings. The van der Waals surface area contributed by atoms with Gasteiger partial charge in [-0.15, -0.1) is 0 Å². The molecule has 0 bridgehead atoms. The fourth-order valence-electron chi connectivity index (χ4n) is 2.06. The summed E-state index contributed by atoms with van der Waals surface area (Å²) in [6, 6.07) is 0. The highest BCUT2D eigenvalue weighted by Gasteiger charge is 2.36. The predicted molar refractivity (Wildman–Crippen MR) is 55.8 cm³/mol. The lowest BCUT2D eigenvalue weighted by molar-refractivity contribution is -0.117. The SMILES string of the molecule is COC(CN1CC(C)(C)CC1N)OC. The average molecular weight is 202 g/mol. The molecule has 1 aliphatic heterocycles. The van der Waals surface area contributed by atoms with Gasteiger partial charge in [-0.25, -0.2) is 0 Å². The van der Waals surface area contributed by atoms with Crippen molar-refractivity contribution in [2.24, 2.45) is 11.1 Å². The van der Waals surface area contributed by atoms with Gasteiger partial charge in [0, 0.05) is 20.8 Å². The summed E-state index contributed by atoms with van der Waals surface area (Å²) in [4.78, 5) is 2.22. The Morgan fingerprint density at radius 2 is 2.00 bits per heavy atom. The third-order valence-electron chi connectivity index (χ3n) is 2.77. The highest BCUT2D eigenvalue weighted by molar-refractivity contribution is 4.87. The molecular formula is C10H22N2O2. The Balaban J connectivity index is 2.45. The third kappa shape index (κ3) is 2.92. The largest absolute Gasteiger partial charge is 0.355 e. The van der Waals surface area contributed by atoms with Crippen molar-refractivity contribution in [1.29, 1.82) is 0 Å². The van der Waals surface area contributed by atoms with Crippen molar-refractivity contribution in [3.8, 4) is 0 Å². The van der Waals surface area contributed by atoms with Crippen molar-refractivity contribution in [2.75, 3.05) is 27.3 Å². The van der Waals surface area contributed by atoms with Gasteiger partial charge in [0.15, 0.2) is 6.29 Å². The fraction of sp³-hybridized carbons (Fsp3) is 1.00. The van der Waals surface area contributed by atoms with Crippen LogP contribution in [-0.4, -0.2) is 44.7 Å². The molecule has 1 atom stereocenters. The zero-order valence-corrected chi connectivity index (χ0v) is 9.62. The number of likely N-dealkylation sites (tertiary alicyclic amines) is 1. The number of ether oxygens (including phenoxy) is 2. The van der Waals surface area contributed by atoms with Crippen molar-refractivity contribution < 1.29 is 9.47 Å². The van der Waals surface area contributed by atoms with E-state index in [1.165, 1.54) is 0 Å². The van der Waals surface area contributed by atoms with E-state index >= 15 is 0 Å². The Bertz CT molecular complexity index is 181. The van der Waals surface area contributed by atoms with Gasteiger partial charge in [0.25, 0.3) is 0 Å². The molecule has 1 fully saturated rings. The first-order valence-electron chi connectivity index (χ1n) is 5.04. The summed E-state index contributed by atoms with van der Waals surface area (Å²) in [5.74, 6) is 0. The molecule has 1 heterocycles. The minimum absolute atomic E-state index is 0.137. The molecule has 0 saturated carbocycles. The Morgan fingerprint density at radius 3 is 2.36 bits per heavy atom. The summed E-state index contributed by atoms with van der Waals surface area (Å²) in [5, 5.41) is 0. The molecule has 0 spiro atoms. The van der Waals surface area contributed by atoms with Gasteiger partial charge in [0.1, 0.15) is 0 Å². The summed E-state index contributed by atoms with van der Waals surface area (Å²) in [7, 11) is 3.31. The second-order valence-electron chi connectivity index (χ2n) is 4.77. The lowest BCUT2D eigenvalue weighted by atomic mass is 9.92. The van der Waals surface area contributed by atoms with E-state index in [4.69, 9.17) is 15.2 Å². The highest BCUT2D eigenvalue weighted by Crippen LogP contribution is 2.31. The Morgan fingerprint density at radius 1 is 1.43 bits per heavy atom. The summed E-state index contributed by atoms with van der Waals surface area (Å²) in [5.41, 5.74) is 6.34. The molecule has 84 valence electrons. The number of rotatable bonds is 4. The number of hydrogen-bond donors (Lipinski definition) is 1. The predicted octanol–water partition coefficient (Wildman–Crippen LogP) is 0.622. The van der Waals surface area contributed by atoms with Crippen LogP contribution < -0.4 is 5.73 Å². The lowest BCUT2D eigenvalue weighted by Crippen LogP contribution is -2.42. The minimum atomic E-state index is -0.171. The number of nitrogens with two attached hydrogens (primary N) is 1. The molecule has 4 heteroatoms. The van der Waals surface area contributed by atoms with Gasteiger partial charge in [0.05, 0.1) is 12.7 Å². The summed E-state index contributed by atoms with van der Waals surface area (Å²) >= 11 is 0. The molecule has 0 radical (unpaired) electrons. The maximum absolute atomic E-state index is 6.03. The third-order valence-corrected chi connectivity index (χ3v) is 2.77. The fourth-order valence-corrected chi connectivity index (χ4v) is 2.06. The van der Waals surface area contributed by atoms with Crippen molar-refractivity contribution >= 4 is 0 Å². The van der Waals surface area contributed by atoms with Crippen molar-refractivity contribution in [3.05, 3.63) is 0 Å². The number of methoxy groups -OCH3 is 2. The normalized spacial score (nSPS) is 27.4. The Kier molecular flexibility index (Phi) is 3.89. The van der Waals surface area contributed by atoms with Crippen LogP contribution in [0, 0.1) is 5.41 Å². The maximum Gasteiger partial charge on any atom is 0.169 e. The van der Waals surface area contributed by atoms with E-state index in [0.717, 1.165) is 19.5 Å². The van der Waals surface area contributed by atoms with Crippen LogP contribution in [-0.2, 0) is 9.47 Å². The van der Waals surface area contributed by atoms with E-state index in [9.17, 15) is 0 Å². The van der Waals surface area contributed by atoms with Gasteiger partial charge in [-0.2, -0.15) is 0 Å². The quantitative estimate of drug-likeness (QED) is 0.679. The lowest BCUT2D eigenvalue weighted by Gasteiger charge is -2.25. The van der Waals surface area contributed by atoms with Crippen LogP contribution in [0.2, 0.25) is 0 Å². The van der Waals surface area contributed by atoms with Crippen LogP contribution in [0.5, 0.6) is 0 Å². The zero-order chi connectivity index (χ0) is 10.8. The number of hydrogen-bond acceptors (Lipinski definition) is 4. The van der Waals surface area contributed by atoms with Crippen LogP contribution in [0.15, 0.2) is 0 Å². The van der Waals surface area contributed by atoms with Gasteiger partial charge >= 0.3 is 0 Å². The van der Waals surface area contributed by atoms with Gasteiger partial charge in [-0.3, -0.25) is 4.90 Å². The second-order valence-corrected chi connectivity index (χ2v) is 4.77. The van der Waals surface area contributed by atoms with Gasteiger partial charge in [-0.05, 0) is 11.8 Å². The van der Waals surface area contributed by atoms with E-state index in [1.54, 1.807) is 14.2 Å². The van der Waals surface area contributed by atoms with Gasteiger partial charge < -0.3 is 15.2 Å². The van der Waals surface area contributed by atoms with E-state index < -0.39 is 0 Å². The molecule has 0 amide bonds. The van der Waals surface area contributed by atoms with Crippen LogP contribution in [0.3, 0.4) is 0 Å². The standard InChI is InChI=1S/C10H22N2O2/c1-10(2)5-8(11)12(7-10)6-9(13-3)14-4/h8-9H,5-7,11H2,1-4H3. The van der Waals surface area contributed by atoms with E-state index in [-0.39, 0.29) is 12.5 Å².